The van der Waals surface area contributed by atoms with Crippen LogP contribution in [0.1, 0.15) is 26.7 Å². The van der Waals surface area contributed by atoms with Gasteiger partial charge in [0.15, 0.2) is 0 Å². The van der Waals surface area contributed by atoms with Gasteiger partial charge in [-0.15, -0.1) is 12.4 Å². The summed E-state index contributed by atoms with van der Waals surface area (Å²) in [6.07, 6.45) is 1.11. The Morgan fingerprint density at radius 3 is 2.14 bits per heavy atom. The highest BCUT2D eigenvalue weighted by molar-refractivity contribution is 5.85. The van der Waals surface area contributed by atoms with Crippen molar-refractivity contribution in [2.75, 3.05) is 13.1 Å². The summed E-state index contributed by atoms with van der Waals surface area (Å²) in [5, 5.41) is 18.2. The number of hydrogen-bond donors (Lipinski definition) is 2. The van der Waals surface area contributed by atoms with E-state index in [0.717, 1.165) is 0 Å². The van der Waals surface area contributed by atoms with Gasteiger partial charge in [-0.2, -0.15) is 0 Å². The lowest BCUT2D eigenvalue weighted by molar-refractivity contribution is -0.150. The number of carbonyl (C=O) groups is 1. The molecule has 0 spiro atoms. The summed E-state index contributed by atoms with van der Waals surface area (Å²) in [6.45, 7) is 4.74. The predicted octanol–water partition coefficient (Wildman–Crippen LogP) is 0.728. The molecule has 1 fully saturated rings. The molecule has 0 radical (unpaired) electrons. The second-order valence-electron chi connectivity index (χ2n) is 4.08. The standard InChI is InChI=1S/C9H17NO3.ClH/c1-9(2,8(12)13)10-5-3-7(11)4-6-10;/h7,11H,3-6H2,1-2H3,(H,12,13);1H. The second kappa shape index (κ2) is 4.96. The van der Waals surface area contributed by atoms with E-state index in [0.29, 0.717) is 25.9 Å². The molecule has 5 heteroatoms. The minimum Gasteiger partial charge on any atom is -0.480 e. The number of likely N-dealkylation sites (tertiary alicyclic amines) is 1. The van der Waals surface area contributed by atoms with E-state index in [4.69, 9.17) is 5.11 Å². The minimum absolute atomic E-state index is 0. The molecule has 0 bridgehead atoms. The van der Waals surface area contributed by atoms with Gasteiger partial charge in [-0.05, 0) is 26.7 Å². The Kier molecular flexibility index (Phi) is 4.84. The van der Waals surface area contributed by atoms with Gasteiger partial charge in [0.1, 0.15) is 5.54 Å². The Labute approximate surface area is 90.3 Å². The van der Waals surface area contributed by atoms with Crippen molar-refractivity contribution >= 4 is 18.4 Å². The van der Waals surface area contributed by atoms with Crippen LogP contribution in [0.2, 0.25) is 0 Å². The maximum atomic E-state index is 10.9. The average Bonchev–Trinajstić information content (AvgIpc) is 2.04. The van der Waals surface area contributed by atoms with E-state index < -0.39 is 11.5 Å². The van der Waals surface area contributed by atoms with Gasteiger partial charge in [0.25, 0.3) is 0 Å². The van der Waals surface area contributed by atoms with E-state index in [1.165, 1.54) is 0 Å². The Hall–Kier alpha value is -0.320. The smallest absolute Gasteiger partial charge is 0.323 e. The molecule has 1 aliphatic heterocycles. The van der Waals surface area contributed by atoms with Crippen molar-refractivity contribution in [3.05, 3.63) is 0 Å². The predicted molar refractivity (Wildman–Crippen MR) is 55.8 cm³/mol. The monoisotopic (exact) mass is 223 g/mol. The summed E-state index contributed by atoms with van der Waals surface area (Å²) >= 11 is 0. The molecule has 1 rings (SSSR count). The fourth-order valence-corrected chi connectivity index (χ4v) is 1.56. The van der Waals surface area contributed by atoms with Crippen LogP contribution in [0.5, 0.6) is 0 Å². The molecule has 0 unspecified atom stereocenters. The Balaban J connectivity index is 0.00000169. The number of piperidine rings is 1. The molecule has 0 aromatic carbocycles. The van der Waals surface area contributed by atoms with Crippen LogP contribution in [-0.4, -0.2) is 45.8 Å². The zero-order valence-electron chi connectivity index (χ0n) is 8.56. The lowest BCUT2D eigenvalue weighted by atomic mass is 9.98. The first-order chi connectivity index (χ1) is 5.94. The topological polar surface area (TPSA) is 60.8 Å². The minimum atomic E-state index is -0.805. The number of aliphatic carboxylic acids is 1. The van der Waals surface area contributed by atoms with Crippen LogP contribution >= 0.6 is 12.4 Å². The van der Waals surface area contributed by atoms with E-state index in [1.54, 1.807) is 13.8 Å². The van der Waals surface area contributed by atoms with Crippen LogP contribution in [0.3, 0.4) is 0 Å². The molecule has 1 aliphatic rings. The zero-order chi connectivity index (χ0) is 10.1. The van der Waals surface area contributed by atoms with E-state index in [-0.39, 0.29) is 18.5 Å². The molecule has 0 amide bonds. The highest BCUT2D eigenvalue weighted by atomic mass is 35.5. The van der Waals surface area contributed by atoms with E-state index in [1.807, 2.05) is 4.90 Å². The molecule has 1 saturated heterocycles. The average molecular weight is 224 g/mol. The van der Waals surface area contributed by atoms with Crippen LogP contribution in [0.25, 0.3) is 0 Å². The molecular formula is C9H18ClNO3. The quantitative estimate of drug-likeness (QED) is 0.725. The van der Waals surface area contributed by atoms with Crippen LogP contribution in [0, 0.1) is 0 Å². The third-order valence-electron chi connectivity index (χ3n) is 2.78. The fourth-order valence-electron chi connectivity index (χ4n) is 1.56. The third-order valence-corrected chi connectivity index (χ3v) is 2.78. The maximum absolute atomic E-state index is 10.9. The molecule has 2 N–H and O–H groups in total. The number of aliphatic hydroxyl groups is 1. The van der Waals surface area contributed by atoms with Crippen molar-refractivity contribution in [2.45, 2.75) is 38.3 Å². The van der Waals surface area contributed by atoms with E-state index in [2.05, 4.69) is 0 Å². The van der Waals surface area contributed by atoms with E-state index in [9.17, 15) is 9.90 Å². The van der Waals surface area contributed by atoms with Gasteiger partial charge in [-0.25, -0.2) is 0 Å². The molecule has 84 valence electrons. The number of aliphatic hydroxyl groups excluding tert-OH is 1. The molecule has 0 aromatic rings. The van der Waals surface area contributed by atoms with Crippen molar-refractivity contribution in [3.63, 3.8) is 0 Å². The van der Waals surface area contributed by atoms with Crippen LogP contribution < -0.4 is 0 Å². The molecule has 0 atom stereocenters. The molecule has 1 heterocycles. The Morgan fingerprint density at radius 2 is 1.79 bits per heavy atom. The molecule has 14 heavy (non-hydrogen) atoms. The number of hydrogen-bond acceptors (Lipinski definition) is 3. The van der Waals surface area contributed by atoms with Crippen LogP contribution in [0.15, 0.2) is 0 Å². The molecule has 4 nitrogen and oxygen atoms in total. The summed E-state index contributed by atoms with van der Waals surface area (Å²) in [4.78, 5) is 12.8. The lowest BCUT2D eigenvalue weighted by Crippen LogP contribution is -2.53. The summed E-state index contributed by atoms with van der Waals surface area (Å²) in [5.41, 5.74) is -0.805. The molecular weight excluding hydrogens is 206 g/mol. The Morgan fingerprint density at radius 1 is 1.36 bits per heavy atom. The van der Waals surface area contributed by atoms with Gasteiger partial charge in [-0.3, -0.25) is 9.69 Å². The fraction of sp³-hybridized carbons (Fsp3) is 0.889. The maximum Gasteiger partial charge on any atom is 0.323 e. The summed E-state index contributed by atoms with van der Waals surface area (Å²) < 4.78 is 0. The number of carboxylic acid groups (broad SMARTS) is 1. The number of halogens is 1. The number of carboxylic acids is 1. The lowest BCUT2D eigenvalue weighted by Gasteiger charge is -2.38. The highest BCUT2D eigenvalue weighted by Gasteiger charge is 2.36. The van der Waals surface area contributed by atoms with Crippen molar-refractivity contribution in [2.24, 2.45) is 0 Å². The van der Waals surface area contributed by atoms with Crippen molar-refractivity contribution in [3.8, 4) is 0 Å². The van der Waals surface area contributed by atoms with Crippen molar-refractivity contribution in [1.29, 1.82) is 0 Å². The third kappa shape index (κ3) is 2.83. The highest BCUT2D eigenvalue weighted by Crippen LogP contribution is 2.20. The molecule has 0 saturated carbocycles. The molecule has 0 aromatic heterocycles. The van der Waals surface area contributed by atoms with Gasteiger partial charge in [0, 0.05) is 13.1 Å². The summed E-state index contributed by atoms with van der Waals surface area (Å²) in [6, 6.07) is 0. The number of rotatable bonds is 2. The van der Waals surface area contributed by atoms with Gasteiger partial charge in [0.05, 0.1) is 6.10 Å². The first kappa shape index (κ1) is 13.7. The van der Waals surface area contributed by atoms with Crippen LogP contribution in [0.4, 0.5) is 0 Å². The van der Waals surface area contributed by atoms with Gasteiger partial charge >= 0.3 is 5.97 Å². The van der Waals surface area contributed by atoms with Crippen molar-refractivity contribution in [1.82, 2.24) is 4.90 Å². The zero-order valence-corrected chi connectivity index (χ0v) is 9.38. The molecule has 0 aliphatic carbocycles. The van der Waals surface area contributed by atoms with Crippen molar-refractivity contribution < 1.29 is 15.0 Å². The SMILES string of the molecule is CC(C)(C(=O)O)N1CCC(O)CC1.Cl. The first-order valence-electron chi connectivity index (χ1n) is 4.61. The van der Waals surface area contributed by atoms with Crippen LogP contribution in [-0.2, 0) is 4.79 Å². The summed E-state index contributed by atoms with van der Waals surface area (Å²) in [5.74, 6) is -0.802. The first-order valence-corrected chi connectivity index (χ1v) is 4.61. The number of nitrogens with zero attached hydrogens (tertiary/aromatic N) is 1. The largest absolute Gasteiger partial charge is 0.480 e. The Bertz CT molecular complexity index is 200. The second-order valence-corrected chi connectivity index (χ2v) is 4.08. The summed E-state index contributed by atoms with van der Waals surface area (Å²) in [7, 11) is 0. The van der Waals surface area contributed by atoms with Gasteiger partial charge in [0.2, 0.25) is 0 Å². The van der Waals surface area contributed by atoms with E-state index >= 15 is 0 Å². The van der Waals surface area contributed by atoms with Gasteiger partial charge in [-0.1, -0.05) is 0 Å². The normalized spacial score (nSPS) is 20.2. The van der Waals surface area contributed by atoms with Gasteiger partial charge < -0.3 is 10.2 Å².